The maximum absolute atomic E-state index is 14.4. The minimum absolute atomic E-state index is 0.0317. The number of nitrogens with zero attached hydrogens (tertiary/aromatic N) is 1. The predicted octanol–water partition coefficient (Wildman–Crippen LogP) is -0.311. The van der Waals surface area contributed by atoms with Gasteiger partial charge in [0.1, 0.15) is 12.4 Å². The number of primary amides is 1. The van der Waals surface area contributed by atoms with Gasteiger partial charge in [-0.25, -0.2) is 9.18 Å². The fraction of sp³-hybridized carbons (Fsp3) is 0.412. The molecule has 0 spiro atoms. The number of hydrogen-bond donors (Lipinski definition) is 4. The molecule has 28 heavy (non-hydrogen) atoms. The number of carbonyl (C=O) groups excluding carboxylic acids is 4. The van der Waals surface area contributed by atoms with E-state index in [0.29, 0.717) is 0 Å². The molecule has 1 heterocycles. The summed E-state index contributed by atoms with van der Waals surface area (Å²) < 4.78 is 19.4. The molecule has 10 nitrogen and oxygen atoms in total. The summed E-state index contributed by atoms with van der Waals surface area (Å²) in [5.74, 6) is -3.13. The number of morpholine rings is 1. The molecular formula is C17H22FN5O5. The zero-order chi connectivity index (χ0) is 20.8. The average molecular weight is 395 g/mol. The Labute approximate surface area is 160 Å². The quantitative estimate of drug-likeness (QED) is 0.489. The van der Waals surface area contributed by atoms with Crippen LogP contribution in [0.5, 0.6) is 0 Å². The van der Waals surface area contributed by atoms with Crippen molar-refractivity contribution in [1.29, 1.82) is 0 Å². The molecule has 2 rings (SSSR count). The standard InChI is InChI=1S/C17H22FN5O5/c1-9(2)20-17(27)22-14(15(19)25)16(26)21-10-3-4-12(11(18)7-10)23-5-6-28-8-13(23)24/h3-4,7,9,14H,5-6,8H2,1-2H3,(H2,19,25)(H,21,26)(H2,20,22,27)/t14-/m0/s1. The number of ether oxygens (including phenoxy) is 1. The summed E-state index contributed by atoms with van der Waals surface area (Å²) in [5.41, 5.74) is 5.24. The van der Waals surface area contributed by atoms with Gasteiger partial charge >= 0.3 is 6.03 Å². The highest BCUT2D eigenvalue weighted by Crippen LogP contribution is 2.24. The molecule has 0 bridgehead atoms. The molecule has 1 aliphatic rings. The van der Waals surface area contributed by atoms with E-state index in [-0.39, 0.29) is 43.1 Å². The zero-order valence-electron chi connectivity index (χ0n) is 15.5. The number of rotatable bonds is 6. The van der Waals surface area contributed by atoms with E-state index < -0.39 is 29.7 Å². The Morgan fingerprint density at radius 3 is 2.54 bits per heavy atom. The lowest BCUT2D eigenvalue weighted by molar-refractivity contribution is -0.128. The van der Waals surface area contributed by atoms with Crippen LogP contribution < -0.4 is 26.6 Å². The average Bonchev–Trinajstić information content (AvgIpc) is 2.60. The number of anilines is 2. The molecule has 1 aromatic rings. The van der Waals surface area contributed by atoms with Crippen molar-refractivity contribution >= 4 is 35.1 Å². The van der Waals surface area contributed by atoms with Crippen molar-refractivity contribution < 1.29 is 28.3 Å². The second-order valence-electron chi connectivity index (χ2n) is 6.36. The molecule has 11 heteroatoms. The second-order valence-corrected chi connectivity index (χ2v) is 6.36. The maximum Gasteiger partial charge on any atom is 0.316 e. The van der Waals surface area contributed by atoms with Gasteiger partial charge in [0.2, 0.25) is 5.91 Å². The number of nitrogens with two attached hydrogens (primary N) is 1. The first-order chi connectivity index (χ1) is 13.2. The van der Waals surface area contributed by atoms with E-state index in [1.54, 1.807) is 13.8 Å². The van der Waals surface area contributed by atoms with Crippen LogP contribution in [-0.4, -0.2) is 55.6 Å². The monoisotopic (exact) mass is 395 g/mol. The van der Waals surface area contributed by atoms with Crippen LogP contribution in [0.3, 0.4) is 0 Å². The molecule has 5 N–H and O–H groups in total. The lowest BCUT2D eigenvalue weighted by Gasteiger charge is -2.27. The number of amides is 5. The lowest BCUT2D eigenvalue weighted by atomic mass is 10.2. The van der Waals surface area contributed by atoms with Gasteiger partial charge in [-0.1, -0.05) is 0 Å². The molecule has 1 saturated heterocycles. The highest BCUT2D eigenvalue weighted by molar-refractivity contribution is 6.11. The fourth-order valence-electron chi connectivity index (χ4n) is 2.49. The summed E-state index contributed by atoms with van der Waals surface area (Å²) in [6.07, 6.45) is 0. The molecule has 1 fully saturated rings. The molecule has 1 aliphatic heterocycles. The summed E-state index contributed by atoms with van der Waals surface area (Å²) in [5, 5.41) is 6.93. The highest BCUT2D eigenvalue weighted by atomic mass is 19.1. The highest BCUT2D eigenvalue weighted by Gasteiger charge is 2.27. The number of hydrogen-bond acceptors (Lipinski definition) is 5. The smallest absolute Gasteiger partial charge is 0.316 e. The summed E-state index contributed by atoms with van der Waals surface area (Å²) >= 11 is 0. The molecular weight excluding hydrogens is 373 g/mol. The Hall–Kier alpha value is -3.21. The first-order valence-electron chi connectivity index (χ1n) is 8.54. The number of urea groups is 1. The van der Waals surface area contributed by atoms with Crippen LogP contribution in [-0.2, 0) is 19.1 Å². The first kappa shape index (κ1) is 21.1. The third-order valence-corrected chi connectivity index (χ3v) is 3.73. The fourth-order valence-corrected chi connectivity index (χ4v) is 2.49. The summed E-state index contributed by atoms with van der Waals surface area (Å²) in [4.78, 5) is 48.5. The number of carbonyl (C=O) groups is 4. The van der Waals surface area contributed by atoms with Gasteiger partial charge in [-0.05, 0) is 32.0 Å². The summed E-state index contributed by atoms with van der Waals surface area (Å²) in [6, 6.07) is 1.07. The van der Waals surface area contributed by atoms with Crippen molar-refractivity contribution in [3.8, 4) is 0 Å². The predicted molar refractivity (Wildman–Crippen MR) is 98.0 cm³/mol. The van der Waals surface area contributed by atoms with Crippen LogP contribution in [0.4, 0.5) is 20.6 Å². The molecule has 1 aromatic carbocycles. The Bertz CT molecular complexity index is 785. The first-order valence-corrected chi connectivity index (χ1v) is 8.54. The van der Waals surface area contributed by atoms with Crippen LogP contribution in [0.25, 0.3) is 0 Å². The molecule has 152 valence electrons. The Kier molecular flexibility index (Phi) is 6.88. The van der Waals surface area contributed by atoms with E-state index in [2.05, 4.69) is 16.0 Å². The normalized spacial score (nSPS) is 15.1. The van der Waals surface area contributed by atoms with Gasteiger partial charge in [-0.3, -0.25) is 14.4 Å². The van der Waals surface area contributed by atoms with Crippen molar-refractivity contribution in [1.82, 2.24) is 10.6 Å². The lowest BCUT2D eigenvalue weighted by Crippen LogP contribution is -2.55. The third kappa shape index (κ3) is 5.39. The van der Waals surface area contributed by atoms with Gasteiger partial charge in [0.15, 0.2) is 6.04 Å². The minimum Gasteiger partial charge on any atom is -0.370 e. The van der Waals surface area contributed by atoms with Gasteiger partial charge in [0.25, 0.3) is 11.8 Å². The number of halogens is 1. The molecule has 0 unspecified atom stereocenters. The van der Waals surface area contributed by atoms with E-state index in [9.17, 15) is 23.6 Å². The van der Waals surface area contributed by atoms with Crippen LogP contribution in [0.15, 0.2) is 18.2 Å². The van der Waals surface area contributed by atoms with Crippen LogP contribution in [0, 0.1) is 5.82 Å². The van der Waals surface area contributed by atoms with Gasteiger partial charge in [0, 0.05) is 18.3 Å². The van der Waals surface area contributed by atoms with Gasteiger partial charge in [0.05, 0.1) is 12.3 Å². The van der Waals surface area contributed by atoms with Crippen molar-refractivity contribution in [3.05, 3.63) is 24.0 Å². The Balaban J connectivity index is 2.09. The molecule has 0 saturated carbocycles. The largest absolute Gasteiger partial charge is 0.370 e. The van der Waals surface area contributed by atoms with E-state index in [1.165, 1.54) is 17.0 Å². The van der Waals surface area contributed by atoms with Gasteiger partial charge < -0.3 is 31.3 Å². The second kappa shape index (κ2) is 9.13. The summed E-state index contributed by atoms with van der Waals surface area (Å²) in [6.45, 7) is 3.75. The van der Waals surface area contributed by atoms with Crippen LogP contribution in [0.1, 0.15) is 13.8 Å². The van der Waals surface area contributed by atoms with Gasteiger partial charge in [-0.2, -0.15) is 0 Å². The van der Waals surface area contributed by atoms with Gasteiger partial charge in [-0.15, -0.1) is 0 Å². The zero-order valence-corrected chi connectivity index (χ0v) is 15.5. The molecule has 5 amide bonds. The molecule has 0 aliphatic carbocycles. The van der Waals surface area contributed by atoms with Crippen molar-refractivity contribution in [2.24, 2.45) is 5.73 Å². The summed E-state index contributed by atoms with van der Waals surface area (Å²) in [7, 11) is 0. The Morgan fingerprint density at radius 1 is 1.25 bits per heavy atom. The number of benzene rings is 1. The van der Waals surface area contributed by atoms with Crippen molar-refractivity contribution in [3.63, 3.8) is 0 Å². The van der Waals surface area contributed by atoms with E-state index >= 15 is 0 Å². The third-order valence-electron chi connectivity index (χ3n) is 3.73. The van der Waals surface area contributed by atoms with E-state index in [1.807, 2.05) is 0 Å². The van der Waals surface area contributed by atoms with Crippen LogP contribution in [0.2, 0.25) is 0 Å². The molecule has 0 aromatic heterocycles. The van der Waals surface area contributed by atoms with E-state index in [0.717, 1.165) is 6.07 Å². The maximum atomic E-state index is 14.4. The van der Waals surface area contributed by atoms with Crippen molar-refractivity contribution in [2.75, 3.05) is 30.0 Å². The Morgan fingerprint density at radius 2 is 1.96 bits per heavy atom. The van der Waals surface area contributed by atoms with Crippen LogP contribution >= 0.6 is 0 Å². The molecule has 1 atom stereocenters. The molecule has 0 radical (unpaired) electrons. The van der Waals surface area contributed by atoms with Crippen molar-refractivity contribution in [2.45, 2.75) is 25.9 Å². The topological polar surface area (TPSA) is 143 Å². The number of nitrogens with one attached hydrogen (secondary N) is 3. The van der Waals surface area contributed by atoms with E-state index in [4.69, 9.17) is 10.5 Å². The minimum atomic E-state index is -1.65. The SMILES string of the molecule is CC(C)NC(=O)N[C@@H](C(N)=O)C(=O)Nc1ccc(N2CCOCC2=O)c(F)c1.